The zero-order valence-electron chi connectivity index (χ0n) is 16.8. The second-order valence-electron chi connectivity index (χ2n) is 9.89. The largest absolute Gasteiger partial charge is 0.369 e. The van der Waals surface area contributed by atoms with Crippen LogP contribution in [0.15, 0.2) is 0 Å². The summed E-state index contributed by atoms with van der Waals surface area (Å²) >= 11 is 0. The molecule has 0 aliphatic heterocycles. The van der Waals surface area contributed by atoms with E-state index in [1.165, 1.54) is 64.2 Å². The monoisotopic (exact) mass is 322 g/mol. The molecule has 0 heterocycles. The number of rotatable bonds is 8. The third kappa shape index (κ3) is 4.97. The summed E-state index contributed by atoms with van der Waals surface area (Å²) in [5.74, 6) is 2.98. The first-order valence-electron chi connectivity index (χ1n) is 10.5. The van der Waals surface area contributed by atoms with Gasteiger partial charge < -0.3 is 4.74 Å². The van der Waals surface area contributed by atoms with E-state index in [4.69, 9.17) is 4.74 Å². The molecule has 0 spiro atoms. The van der Waals surface area contributed by atoms with Crippen LogP contribution in [0.25, 0.3) is 0 Å². The van der Waals surface area contributed by atoms with Crippen molar-refractivity contribution in [2.24, 2.45) is 23.7 Å². The van der Waals surface area contributed by atoms with Crippen LogP contribution in [-0.4, -0.2) is 11.2 Å². The Kier molecular flexibility index (Phi) is 6.62. The number of ether oxygens (including phenoxy) is 1. The molecule has 2 atom stereocenters. The van der Waals surface area contributed by atoms with Gasteiger partial charge in [0.25, 0.3) is 0 Å². The minimum atomic E-state index is 0.0803. The van der Waals surface area contributed by atoms with E-state index in [0.717, 1.165) is 11.8 Å². The standard InChI is InChI=1S/C22H42O/c1-17(2)15-21(5,19-11-7-8-12-19)23-22(6,16-18(3)4)20-13-9-10-14-20/h17-20H,7-16H2,1-6H3. The van der Waals surface area contributed by atoms with Gasteiger partial charge in [-0.05, 0) is 76.0 Å². The van der Waals surface area contributed by atoms with Crippen LogP contribution in [0.4, 0.5) is 0 Å². The number of hydrogen-bond acceptors (Lipinski definition) is 1. The quantitative estimate of drug-likeness (QED) is 0.468. The van der Waals surface area contributed by atoms with Crippen molar-refractivity contribution in [2.45, 2.75) is 117 Å². The summed E-state index contributed by atoms with van der Waals surface area (Å²) in [5.41, 5.74) is 0.161. The minimum Gasteiger partial charge on any atom is -0.369 e. The van der Waals surface area contributed by atoms with Gasteiger partial charge in [-0.3, -0.25) is 0 Å². The Balaban J connectivity index is 2.21. The Bertz CT molecular complexity index is 315. The van der Waals surface area contributed by atoms with E-state index in [1.807, 2.05) is 0 Å². The Hall–Kier alpha value is -0.0400. The highest BCUT2D eigenvalue weighted by molar-refractivity contribution is 4.95. The van der Waals surface area contributed by atoms with Crippen LogP contribution in [-0.2, 0) is 4.74 Å². The van der Waals surface area contributed by atoms with Gasteiger partial charge in [0.05, 0.1) is 11.2 Å². The maximum Gasteiger partial charge on any atom is 0.0692 e. The molecule has 2 fully saturated rings. The molecule has 0 amide bonds. The summed E-state index contributed by atoms with van der Waals surface area (Å²) in [6.45, 7) is 14.4. The lowest BCUT2D eigenvalue weighted by atomic mass is 9.76. The van der Waals surface area contributed by atoms with Gasteiger partial charge in [0.2, 0.25) is 0 Å². The third-order valence-electron chi connectivity index (χ3n) is 6.53. The Morgan fingerprint density at radius 1 is 0.696 bits per heavy atom. The molecule has 0 N–H and O–H groups in total. The summed E-state index contributed by atoms with van der Waals surface area (Å²) in [5, 5.41) is 0. The molecule has 0 bridgehead atoms. The normalized spacial score (nSPS) is 26.1. The van der Waals surface area contributed by atoms with Gasteiger partial charge in [-0.15, -0.1) is 0 Å². The Labute approximate surface area is 146 Å². The van der Waals surface area contributed by atoms with Crippen molar-refractivity contribution in [2.75, 3.05) is 0 Å². The average Bonchev–Trinajstić information content (AvgIpc) is 3.11. The zero-order chi connectivity index (χ0) is 17.1. The highest BCUT2D eigenvalue weighted by Gasteiger charge is 2.46. The lowest BCUT2D eigenvalue weighted by molar-refractivity contribution is -0.201. The fourth-order valence-electron chi connectivity index (χ4n) is 5.81. The van der Waals surface area contributed by atoms with Crippen LogP contribution in [0.5, 0.6) is 0 Å². The molecular weight excluding hydrogens is 280 g/mol. The molecule has 1 heteroatoms. The predicted molar refractivity (Wildman–Crippen MR) is 101 cm³/mol. The van der Waals surface area contributed by atoms with E-state index >= 15 is 0 Å². The lowest BCUT2D eigenvalue weighted by Gasteiger charge is -2.48. The first-order valence-corrected chi connectivity index (χ1v) is 10.5. The first kappa shape index (κ1) is 19.3. The highest BCUT2D eigenvalue weighted by atomic mass is 16.5. The van der Waals surface area contributed by atoms with Crippen LogP contribution < -0.4 is 0 Å². The van der Waals surface area contributed by atoms with Gasteiger partial charge in [-0.25, -0.2) is 0 Å². The topological polar surface area (TPSA) is 9.23 Å². The fourth-order valence-corrected chi connectivity index (χ4v) is 5.81. The molecule has 0 saturated heterocycles. The Morgan fingerprint density at radius 2 is 1.00 bits per heavy atom. The second kappa shape index (κ2) is 7.89. The zero-order valence-corrected chi connectivity index (χ0v) is 16.8. The van der Waals surface area contributed by atoms with Crippen molar-refractivity contribution < 1.29 is 4.74 Å². The van der Waals surface area contributed by atoms with E-state index in [1.54, 1.807) is 0 Å². The fraction of sp³-hybridized carbons (Fsp3) is 1.00. The Morgan fingerprint density at radius 3 is 1.26 bits per heavy atom. The maximum absolute atomic E-state index is 7.22. The lowest BCUT2D eigenvalue weighted by Crippen LogP contribution is -2.50. The van der Waals surface area contributed by atoms with Crippen LogP contribution in [0.3, 0.4) is 0 Å². The van der Waals surface area contributed by atoms with Crippen molar-refractivity contribution in [3.8, 4) is 0 Å². The van der Waals surface area contributed by atoms with Gasteiger partial charge >= 0.3 is 0 Å². The van der Waals surface area contributed by atoms with E-state index in [-0.39, 0.29) is 11.2 Å². The van der Waals surface area contributed by atoms with Gasteiger partial charge in [0, 0.05) is 0 Å². The van der Waals surface area contributed by atoms with Gasteiger partial charge in [0.1, 0.15) is 0 Å². The molecule has 23 heavy (non-hydrogen) atoms. The summed E-state index contributed by atoms with van der Waals surface area (Å²) in [7, 11) is 0. The molecule has 2 unspecified atom stereocenters. The first-order chi connectivity index (χ1) is 10.8. The van der Waals surface area contributed by atoms with Crippen molar-refractivity contribution in [3.63, 3.8) is 0 Å². The third-order valence-corrected chi connectivity index (χ3v) is 6.53. The van der Waals surface area contributed by atoms with Crippen molar-refractivity contribution in [1.82, 2.24) is 0 Å². The van der Waals surface area contributed by atoms with E-state index < -0.39 is 0 Å². The van der Waals surface area contributed by atoms with Gasteiger partial charge in [-0.1, -0.05) is 53.4 Å². The molecule has 2 saturated carbocycles. The average molecular weight is 323 g/mol. The smallest absolute Gasteiger partial charge is 0.0692 e. The minimum absolute atomic E-state index is 0.0803. The molecule has 1 nitrogen and oxygen atoms in total. The van der Waals surface area contributed by atoms with Crippen molar-refractivity contribution >= 4 is 0 Å². The molecule has 0 aromatic carbocycles. The van der Waals surface area contributed by atoms with Gasteiger partial charge in [0.15, 0.2) is 0 Å². The van der Waals surface area contributed by atoms with Crippen LogP contribution in [0, 0.1) is 23.7 Å². The van der Waals surface area contributed by atoms with Crippen molar-refractivity contribution in [1.29, 1.82) is 0 Å². The second-order valence-corrected chi connectivity index (χ2v) is 9.89. The molecular formula is C22H42O. The summed E-state index contributed by atoms with van der Waals surface area (Å²) in [6, 6.07) is 0. The SMILES string of the molecule is CC(C)CC(C)(OC(C)(CC(C)C)C1CCCC1)C1CCCC1. The summed E-state index contributed by atoms with van der Waals surface area (Å²) in [6.07, 6.45) is 13.6. The van der Waals surface area contributed by atoms with E-state index in [9.17, 15) is 0 Å². The molecule has 0 radical (unpaired) electrons. The molecule has 0 aromatic rings. The highest BCUT2D eigenvalue weighted by Crippen LogP contribution is 2.48. The molecule has 2 aliphatic rings. The van der Waals surface area contributed by atoms with E-state index in [0.29, 0.717) is 11.8 Å². The molecule has 2 aliphatic carbocycles. The number of hydrogen-bond donors (Lipinski definition) is 0. The van der Waals surface area contributed by atoms with Crippen molar-refractivity contribution in [3.05, 3.63) is 0 Å². The van der Waals surface area contributed by atoms with Crippen LogP contribution >= 0.6 is 0 Å². The van der Waals surface area contributed by atoms with E-state index in [2.05, 4.69) is 41.5 Å². The molecule has 0 aromatic heterocycles. The maximum atomic E-state index is 7.22. The van der Waals surface area contributed by atoms with Crippen LogP contribution in [0.1, 0.15) is 106 Å². The predicted octanol–water partition coefficient (Wildman–Crippen LogP) is 6.99. The summed E-state index contributed by atoms with van der Waals surface area (Å²) < 4.78 is 7.22. The van der Waals surface area contributed by atoms with Gasteiger partial charge in [-0.2, -0.15) is 0 Å². The van der Waals surface area contributed by atoms with Crippen LogP contribution in [0.2, 0.25) is 0 Å². The summed E-state index contributed by atoms with van der Waals surface area (Å²) in [4.78, 5) is 0. The molecule has 2 rings (SSSR count). The molecule has 136 valence electrons.